The van der Waals surface area contributed by atoms with Gasteiger partial charge >= 0.3 is 0 Å². The van der Waals surface area contributed by atoms with Crippen molar-refractivity contribution >= 4 is 0 Å². The van der Waals surface area contributed by atoms with Gasteiger partial charge in [-0.15, -0.1) is 0 Å². The molecule has 1 aromatic rings. The number of ether oxygens (including phenoxy) is 2. The Labute approximate surface area is 121 Å². The Balaban J connectivity index is 3.18. The van der Waals surface area contributed by atoms with Crippen LogP contribution in [-0.4, -0.2) is 25.9 Å². The van der Waals surface area contributed by atoms with E-state index in [2.05, 4.69) is 12.2 Å². The molecule has 0 aliphatic carbocycles. The molecule has 0 aromatic heterocycles. The molecular weight excluding hydrogens is 257 g/mol. The lowest BCUT2D eigenvalue weighted by Gasteiger charge is -2.37. The lowest BCUT2D eigenvalue weighted by atomic mass is 9.87. The quantitative estimate of drug-likeness (QED) is 0.789. The number of methoxy groups -OCH3 is 1. The lowest BCUT2D eigenvalue weighted by Crippen LogP contribution is -2.44. The summed E-state index contributed by atoms with van der Waals surface area (Å²) in [4.78, 5) is 0. The maximum atomic E-state index is 14.3. The molecule has 2 unspecified atom stereocenters. The largest absolute Gasteiger partial charge is 0.497 e. The zero-order chi connectivity index (χ0) is 15.2. The van der Waals surface area contributed by atoms with Crippen LogP contribution in [0.1, 0.15) is 45.7 Å². The first-order chi connectivity index (χ1) is 9.52. The van der Waals surface area contributed by atoms with Crippen LogP contribution in [0.4, 0.5) is 4.39 Å². The van der Waals surface area contributed by atoms with Crippen LogP contribution >= 0.6 is 0 Å². The summed E-state index contributed by atoms with van der Waals surface area (Å²) >= 11 is 0. The third-order valence-electron chi connectivity index (χ3n) is 3.71. The molecule has 20 heavy (non-hydrogen) atoms. The van der Waals surface area contributed by atoms with Crippen LogP contribution < -0.4 is 10.1 Å². The van der Waals surface area contributed by atoms with E-state index in [9.17, 15) is 4.39 Å². The highest BCUT2D eigenvalue weighted by atomic mass is 19.1. The zero-order valence-electron chi connectivity index (χ0n) is 13.1. The fourth-order valence-electron chi connectivity index (χ4n) is 2.45. The molecule has 0 aliphatic rings. The SMILES string of the molecule is CCNC(c1ccc(OC)cc1F)C(C)(CC)OCC. The second-order valence-electron chi connectivity index (χ2n) is 4.98. The molecule has 0 amide bonds. The second-order valence-corrected chi connectivity index (χ2v) is 4.98. The van der Waals surface area contributed by atoms with Gasteiger partial charge in [0.05, 0.1) is 18.8 Å². The van der Waals surface area contributed by atoms with Crippen LogP contribution in [0.15, 0.2) is 18.2 Å². The van der Waals surface area contributed by atoms with Crippen molar-refractivity contribution < 1.29 is 13.9 Å². The Morgan fingerprint density at radius 3 is 2.45 bits per heavy atom. The highest BCUT2D eigenvalue weighted by Gasteiger charge is 2.35. The van der Waals surface area contributed by atoms with Crippen molar-refractivity contribution in [2.45, 2.75) is 45.8 Å². The minimum Gasteiger partial charge on any atom is -0.497 e. The predicted octanol–water partition coefficient (Wildman–Crippen LogP) is 3.69. The minimum atomic E-state index is -0.444. The van der Waals surface area contributed by atoms with E-state index in [0.717, 1.165) is 13.0 Å². The second kappa shape index (κ2) is 7.60. The lowest BCUT2D eigenvalue weighted by molar-refractivity contribution is -0.0567. The van der Waals surface area contributed by atoms with Gasteiger partial charge in [0.2, 0.25) is 0 Å². The predicted molar refractivity (Wildman–Crippen MR) is 79.7 cm³/mol. The van der Waals surface area contributed by atoms with Gasteiger partial charge in [-0.2, -0.15) is 0 Å². The Morgan fingerprint density at radius 2 is 2.00 bits per heavy atom. The van der Waals surface area contributed by atoms with E-state index in [1.165, 1.54) is 13.2 Å². The summed E-state index contributed by atoms with van der Waals surface area (Å²) in [6.45, 7) is 9.40. The molecule has 0 bridgehead atoms. The molecule has 0 aliphatic heterocycles. The number of hydrogen-bond acceptors (Lipinski definition) is 3. The molecule has 0 saturated heterocycles. The molecule has 0 fully saturated rings. The molecule has 2 atom stereocenters. The zero-order valence-corrected chi connectivity index (χ0v) is 13.1. The molecule has 114 valence electrons. The summed E-state index contributed by atoms with van der Waals surface area (Å²) in [6, 6.07) is 4.78. The smallest absolute Gasteiger partial charge is 0.131 e. The summed E-state index contributed by atoms with van der Waals surface area (Å²) in [7, 11) is 1.53. The van der Waals surface area contributed by atoms with Crippen LogP contribution in [0, 0.1) is 5.82 Å². The van der Waals surface area contributed by atoms with Crippen molar-refractivity contribution in [1.82, 2.24) is 5.32 Å². The normalized spacial score (nSPS) is 15.7. The van der Waals surface area contributed by atoms with Crippen molar-refractivity contribution in [1.29, 1.82) is 0 Å². The molecule has 0 spiro atoms. The summed E-state index contributed by atoms with van der Waals surface area (Å²) in [5, 5.41) is 3.35. The van der Waals surface area contributed by atoms with Gasteiger partial charge in [0.15, 0.2) is 0 Å². The highest BCUT2D eigenvalue weighted by molar-refractivity contribution is 5.32. The third kappa shape index (κ3) is 3.70. The van der Waals surface area contributed by atoms with E-state index in [1.807, 2.05) is 20.8 Å². The van der Waals surface area contributed by atoms with E-state index in [4.69, 9.17) is 9.47 Å². The summed E-state index contributed by atoms with van der Waals surface area (Å²) in [6.07, 6.45) is 0.796. The van der Waals surface area contributed by atoms with Gasteiger partial charge in [-0.1, -0.05) is 19.9 Å². The third-order valence-corrected chi connectivity index (χ3v) is 3.71. The molecule has 1 rings (SSSR count). The Morgan fingerprint density at radius 1 is 1.30 bits per heavy atom. The first-order valence-electron chi connectivity index (χ1n) is 7.23. The van der Waals surface area contributed by atoms with Crippen molar-refractivity contribution in [3.63, 3.8) is 0 Å². The molecule has 1 N–H and O–H groups in total. The maximum absolute atomic E-state index is 14.3. The topological polar surface area (TPSA) is 30.5 Å². The fraction of sp³-hybridized carbons (Fsp3) is 0.625. The number of halogens is 1. The molecule has 4 heteroatoms. The maximum Gasteiger partial charge on any atom is 0.131 e. The van der Waals surface area contributed by atoms with Crippen LogP contribution in [-0.2, 0) is 4.74 Å². The van der Waals surface area contributed by atoms with Gasteiger partial charge < -0.3 is 14.8 Å². The van der Waals surface area contributed by atoms with Crippen molar-refractivity contribution in [3.05, 3.63) is 29.6 Å². The number of rotatable bonds is 8. The minimum absolute atomic E-state index is 0.191. The van der Waals surface area contributed by atoms with E-state index in [-0.39, 0.29) is 11.9 Å². The van der Waals surface area contributed by atoms with Gasteiger partial charge in [-0.05, 0) is 32.9 Å². The van der Waals surface area contributed by atoms with E-state index >= 15 is 0 Å². The monoisotopic (exact) mass is 283 g/mol. The molecule has 1 aromatic carbocycles. The average Bonchev–Trinajstić information content (AvgIpc) is 2.45. The van der Waals surface area contributed by atoms with Crippen LogP contribution in [0.5, 0.6) is 5.75 Å². The molecule has 0 saturated carbocycles. The Kier molecular flexibility index (Phi) is 6.43. The van der Waals surface area contributed by atoms with Gasteiger partial charge in [-0.25, -0.2) is 4.39 Å². The summed E-state index contributed by atoms with van der Waals surface area (Å²) in [5.74, 6) is 0.255. The van der Waals surface area contributed by atoms with Gasteiger partial charge in [0.25, 0.3) is 0 Å². The fourth-order valence-corrected chi connectivity index (χ4v) is 2.45. The Hall–Kier alpha value is -1.13. The van der Waals surface area contributed by atoms with Crippen molar-refractivity contribution in [3.8, 4) is 5.75 Å². The molecule has 3 nitrogen and oxygen atoms in total. The number of likely N-dealkylation sites (N-methyl/N-ethyl adjacent to an activating group) is 1. The van der Waals surface area contributed by atoms with Gasteiger partial charge in [-0.3, -0.25) is 0 Å². The van der Waals surface area contributed by atoms with Crippen molar-refractivity contribution in [2.75, 3.05) is 20.3 Å². The first kappa shape index (κ1) is 16.9. The molecular formula is C16H26FNO2. The first-order valence-corrected chi connectivity index (χ1v) is 7.23. The number of hydrogen-bond donors (Lipinski definition) is 1. The van der Waals surface area contributed by atoms with E-state index in [1.54, 1.807) is 12.1 Å². The Bertz CT molecular complexity index is 425. The van der Waals surface area contributed by atoms with Gasteiger partial charge in [0.1, 0.15) is 11.6 Å². The molecule has 0 heterocycles. The highest BCUT2D eigenvalue weighted by Crippen LogP contribution is 2.34. The average molecular weight is 283 g/mol. The van der Waals surface area contributed by atoms with Crippen LogP contribution in [0.3, 0.4) is 0 Å². The van der Waals surface area contributed by atoms with E-state index < -0.39 is 5.60 Å². The standard InChI is InChI=1S/C16H26FNO2/c1-6-16(4,20-8-3)15(18-7-2)13-10-9-12(19-5)11-14(13)17/h9-11,15,18H,6-8H2,1-5H3. The molecule has 0 radical (unpaired) electrons. The van der Waals surface area contributed by atoms with Crippen molar-refractivity contribution in [2.24, 2.45) is 0 Å². The number of benzene rings is 1. The van der Waals surface area contributed by atoms with Gasteiger partial charge in [0, 0.05) is 18.2 Å². The summed E-state index contributed by atoms with van der Waals surface area (Å²) in [5.41, 5.74) is 0.172. The van der Waals surface area contributed by atoms with Crippen LogP contribution in [0.2, 0.25) is 0 Å². The summed E-state index contributed by atoms with van der Waals surface area (Å²) < 4.78 is 25.3. The van der Waals surface area contributed by atoms with E-state index in [0.29, 0.717) is 17.9 Å². The number of nitrogens with one attached hydrogen (secondary N) is 1. The van der Waals surface area contributed by atoms with Crippen LogP contribution in [0.25, 0.3) is 0 Å².